The van der Waals surface area contributed by atoms with Gasteiger partial charge in [0.1, 0.15) is 16.8 Å². The molecule has 0 heterocycles. The van der Waals surface area contributed by atoms with Crippen LogP contribution in [0.5, 0.6) is 0 Å². The number of halogens is 2. The minimum Gasteiger partial charge on any atom is -0.444 e. The van der Waals surface area contributed by atoms with Crippen molar-refractivity contribution < 1.29 is 42.9 Å². The number of Topliss-reactive ketones (excluding diaryl/α,β-unsaturated/α-hetero) is 2. The maximum Gasteiger partial charge on any atom is 0.408 e. The van der Waals surface area contributed by atoms with Crippen LogP contribution in [0.3, 0.4) is 0 Å². The lowest BCUT2D eigenvalue weighted by atomic mass is 9.58. The van der Waals surface area contributed by atoms with Gasteiger partial charge in [-0.2, -0.15) is 0 Å². The van der Waals surface area contributed by atoms with Crippen molar-refractivity contribution in [3.63, 3.8) is 0 Å². The Labute approximate surface area is 413 Å². The number of benzene rings is 4. The van der Waals surface area contributed by atoms with Crippen molar-refractivity contribution in [1.29, 1.82) is 0 Å². The largest absolute Gasteiger partial charge is 0.444 e. The first-order valence-corrected chi connectivity index (χ1v) is 25.2. The highest BCUT2D eigenvalue weighted by Gasteiger charge is 2.80. The second-order valence-electron chi connectivity index (χ2n) is 22.4. The fourth-order valence-corrected chi connectivity index (χ4v) is 13.1. The Morgan fingerprint density at radius 1 is 0.800 bits per heavy atom. The topological polar surface area (TPSA) is 122 Å². The van der Waals surface area contributed by atoms with E-state index in [2.05, 4.69) is 25.2 Å². The van der Waals surface area contributed by atoms with Gasteiger partial charge in [0.05, 0.1) is 18.2 Å². The fraction of sp³-hybridized carbons (Fsp3) is 0.483. The van der Waals surface area contributed by atoms with Crippen molar-refractivity contribution in [3.8, 4) is 0 Å². The summed E-state index contributed by atoms with van der Waals surface area (Å²) in [7, 11) is 0. The number of nitrogens with one attached hydrogen (secondary N) is 1. The smallest absolute Gasteiger partial charge is 0.408 e. The van der Waals surface area contributed by atoms with Crippen LogP contribution in [0.4, 0.5) is 13.6 Å². The quantitative estimate of drug-likeness (QED) is 0.0516. The number of ether oxygens (including phenoxy) is 2. The van der Waals surface area contributed by atoms with Crippen LogP contribution in [0.2, 0.25) is 0 Å². The number of carbonyl (C=O) groups excluding carboxylic acids is 3. The molecule has 4 aromatic rings. The maximum atomic E-state index is 14.9. The molecule has 1 amide bonds. The van der Waals surface area contributed by atoms with E-state index >= 15 is 0 Å². The van der Waals surface area contributed by atoms with Crippen LogP contribution < -0.4 is 5.32 Å². The number of hydrogen-bond donors (Lipinski definition) is 3. The molecule has 8 atom stereocenters. The number of hydrogen-bond acceptors (Lipinski definition) is 7. The summed E-state index contributed by atoms with van der Waals surface area (Å²) in [6.45, 7) is 13.4. The van der Waals surface area contributed by atoms with Crippen LogP contribution in [-0.2, 0) is 31.1 Å². The van der Waals surface area contributed by atoms with Gasteiger partial charge in [-0.3, -0.25) is 9.59 Å². The Balaban J connectivity index is 1.09. The zero-order valence-electron chi connectivity index (χ0n) is 41.9. The number of aliphatic hydroxyl groups is 2. The molecule has 8 nitrogen and oxygen atoms in total. The molecular formula is C60H71F2NO7. The Bertz CT molecular complexity index is 2470. The van der Waals surface area contributed by atoms with Crippen molar-refractivity contribution >= 4 is 17.7 Å². The molecule has 1 unspecified atom stereocenters. The van der Waals surface area contributed by atoms with E-state index in [-0.39, 0.29) is 36.7 Å². The van der Waals surface area contributed by atoms with Crippen LogP contribution in [0.1, 0.15) is 134 Å². The predicted octanol–water partition coefficient (Wildman–Crippen LogP) is 12.2. The van der Waals surface area contributed by atoms with E-state index in [1.54, 1.807) is 45.9 Å². The number of alkyl halides is 2. The van der Waals surface area contributed by atoms with E-state index < -0.39 is 75.3 Å². The molecule has 0 saturated heterocycles. The molecule has 3 N–H and O–H groups in total. The van der Waals surface area contributed by atoms with Crippen LogP contribution in [0.25, 0.3) is 0 Å². The molecule has 372 valence electrons. The molecule has 4 aliphatic rings. The predicted molar refractivity (Wildman–Crippen MR) is 268 cm³/mol. The standard InChI is InChI=1S/C60H71F2NO7/c1-39-33-50-58(67,52(39)65)36-42(38-69-60(44-22-14-10-15-23-44,45-24-16-11-17-25-45)46-26-18-12-19-27-46)34-47-51-56(6,7)57(51,35-40(2)59(47,50)68)37-49(64)48(63-54(66)70-55(3,4)5)28-20-9-8-13-21-41-29-31-43(32-30-41)53(61)62/h10-12,14-19,22-27,29-34,40,47-48,50-51,53,67-68H,8-9,13,20-21,28,35-38H2,1-7H3,(H,63,66)/t40-,47+,48?,50-,51-,57+,58-,59-/m1/s1. The first-order chi connectivity index (χ1) is 33.2. The zero-order valence-corrected chi connectivity index (χ0v) is 41.9. The molecule has 0 aromatic heterocycles. The van der Waals surface area contributed by atoms with Crippen molar-refractivity contribution in [2.24, 2.45) is 34.5 Å². The molecule has 0 spiro atoms. The normalized spacial score (nSPS) is 27.3. The van der Waals surface area contributed by atoms with E-state index in [1.165, 1.54) is 12.1 Å². The highest BCUT2D eigenvalue weighted by atomic mass is 19.3. The number of amides is 1. The Hall–Kier alpha value is -5.29. The number of fused-ring (bicyclic) bond motifs is 5. The zero-order chi connectivity index (χ0) is 50.3. The highest BCUT2D eigenvalue weighted by Crippen LogP contribution is 2.81. The molecule has 10 heteroatoms. The summed E-state index contributed by atoms with van der Waals surface area (Å²) in [5, 5.41) is 29.2. The van der Waals surface area contributed by atoms with Crippen LogP contribution in [0, 0.1) is 34.5 Å². The number of alkyl carbamates (subject to hydrolysis) is 1. The Morgan fingerprint density at radius 2 is 1.36 bits per heavy atom. The Kier molecular flexibility index (Phi) is 14.4. The number of carbonyl (C=O) groups is 3. The van der Waals surface area contributed by atoms with Gasteiger partial charge in [-0.15, -0.1) is 0 Å². The SMILES string of the molecule is CC1=C[C@H]2[C@@]3(O)[C@H](C)C[C@]4(CC(=O)C(CCCCCCc5ccc(C(F)F)cc5)NC(=O)OC(C)(C)C)[C@H]([C@@H]3C=C(COC(c3ccccc3)(c3ccccc3)c3ccccc3)C[C@]2(O)C1=O)C4(C)C. The van der Waals surface area contributed by atoms with Gasteiger partial charge in [-0.05, 0) is 109 Å². The number of aryl methyl sites for hydroxylation is 1. The van der Waals surface area contributed by atoms with Crippen LogP contribution >= 0.6 is 0 Å². The van der Waals surface area contributed by atoms with Gasteiger partial charge >= 0.3 is 6.09 Å². The lowest BCUT2D eigenvalue weighted by Gasteiger charge is -2.51. The monoisotopic (exact) mass is 956 g/mol. The molecule has 0 aliphatic heterocycles. The van der Waals surface area contributed by atoms with Crippen molar-refractivity contribution in [3.05, 3.63) is 166 Å². The summed E-state index contributed by atoms with van der Waals surface area (Å²) in [5.74, 6) is -2.60. The molecule has 8 rings (SSSR count). The molecular weight excluding hydrogens is 885 g/mol. The van der Waals surface area contributed by atoms with Crippen molar-refractivity contribution in [1.82, 2.24) is 5.32 Å². The summed E-state index contributed by atoms with van der Waals surface area (Å²) in [4.78, 5) is 42.5. The van der Waals surface area contributed by atoms with Crippen LogP contribution in [0.15, 0.2) is 139 Å². The Morgan fingerprint density at radius 3 is 1.90 bits per heavy atom. The first kappa shape index (κ1) is 51.1. The molecule has 2 saturated carbocycles. The summed E-state index contributed by atoms with van der Waals surface area (Å²) < 4.78 is 39.2. The van der Waals surface area contributed by atoms with Gasteiger partial charge in [-0.25, -0.2) is 13.6 Å². The van der Waals surface area contributed by atoms with E-state index in [9.17, 15) is 33.4 Å². The van der Waals surface area contributed by atoms with Crippen molar-refractivity contribution in [2.75, 3.05) is 6.61 Å². The third kappa shape index (κ3) is 9.48. The van der Waals surface area contributed by atoms with Crippen LogP contribution in [-0.4, -0.2) is 57.3 Å². The average molecular weight is 956 g/mol. The van der Waals surface area contributed by atoms with Gasteiger partial charge in [0.2, 0.25) is 0 Å². The molecule has 4 aliphatic carbocycles. The third-order valence-electron chi connectivity index (χ3n) is 16.5. The second-order valence-corrected chi connectivity index (χ2v) is 22.4. The van der Waals surface area contributed by atoms with Gasteiger partial charge in [-0.1, -0.05) is 167 Å². The van der Waals surface area contributed by atoms with E-state index in [4.69, 9.17) is 9.47 Å². The minimum atomic E-state index is -2.50. The number of unbranched alkanes of at least 4 members (excludes halogenated alkanes) is 3. The third-order valence-corrected chi connectivity index (χ3v) is 16.5. The number of ketones is 2. The molecule has 70 heavy (non-hydrogen) atoms. The lowest BCUT2D eigenvalue weighted by Crippen LogP contribution is -2.60. The van der Waals surface area contributed by atoms with E-state index in [0.29, 0.717) is 30.4 Å². The van der Waals surface area contributed by atoms with Gasteiger partial charge in [0.15, 0.2) is 11.6 Å². The number of rotatable bonds is 18. The molecule has 2 fully saturated rings. The summed E-state index contributed by atoms with van der Waals surface area (Å²) in [5.41, 5.74) is -1.49. The van der Waals surface area contributed by atoms with Gasteiger partial charge in [0.25, 0.3) is 6.43 Å². The fourth-order valence-electron chi connectivity index (χ4n) is 13.1. The first-order valence-electron chi connectivity index (χ1n) is 25.2. The summed E-state index contributed by atoms with van der Waals surface area (Å²) in [6, 6.07) is 35.8. The second kappa shape index (κ2) is 19.7. The highest BCUT2D eigenvalue weighted by molar-refractivity contribution is 6.05. The lowest BCUT2D eigenvalue weighted by molar-refractivity contribution is -0.173. The molecule has 0 radical (unpaired) electrons. The molecule has 4 aromatic carbocycles. The maximum absolute atomic E-state index is 14.9. The van der Waals surface area contributed by atoms with E-state index in [0.717, 1.165) is 47.9 Å². The summed E-state index contributed by atoms with van der Waals surface area (Å²) in [6.07, 6.45) is 5.70. The average Bonchev–Trinajstić information content (AvgIpc) is 3.73. The van der Waals surface area contributed by atoms with Gasteiger partial charge < -0.3 is 25.0 Å². The molecule has 0 bridgehead atoms. The van der Waals surface area contributed by atoms with Gasteiger partial charge in [0, 0.05) is 30.2 Å². The van der Waals surface area contributed by atoms with E-state index in [1.807, 2.05) is 97.9 Å². The van der Waals surface area contributed by atoms with Crippen molar-refractivity contribution in [2.45, 2.75) is 141 Å². The minimum absolute atomic E-state index is 0.00862. The summed E-state index contributed by atoms with van der Waals surface area (Å²) >= 11 is 0.